The van der Waals surface area contributed by atoms with Gasteiger partial charge in [0.05, 0.1) is 10.6 Å². The van der Waals surface area contributed by atoms with Crippen LogP contribution in [0, 0.1) is 0 Å². The lowest BCUT2D eigenvalue weighted by molar-refractivity contribution is 0.601. The molecule has 1 N–H and O–H groups in total. The second-order valence-corrected chi connectivity index (χ2v) is 9.01. The Hall–Kier alpha value is -3.82. The van der Waals surface area contributed by atoms with Crippen LogP contribution in [0.2, 0.25) is 5.02 Å². The maximum Gasteiger partial charge on any atom is 0.261 e. The van der Waals surface area contributed by atoms with Crippen LogP contribution in [0.15, 0.2) is 90.1 Å². The van der Waals surface area contributed by atoms with Crippen LogP contribution in [0.25, 0.3) is 28.3 Å². The molecule has 0 aliphatic heterocycles. The second-order valence-electron chi connectivity index (χ2n) is 6.89. The van der Waals surface area contributed by atoms with Crippen molar-refractivity contribution in [3.8, 4) is 22.6 Å². The Morgan fingerprint density at radius 2 is 1.62 bits per heavy atom. The number of benzene rings is 2. The molecule has 0 saturated heterocycles. The first kappa shape index (κ1) is 20.1. The number of hydrogen-bond acceptors (Lipinski definition) is 6. The molecule has 0 spiro atoms. The number of aromatic nitrogens is 5. The summed E-state index contributed by atoms with van der Waals surface area (Å²) >= 11 is 5.84. The lowest BCUT2D eigenvalue weighted by Gasteiger charge is -2.09. The highest BCUT2D eigenvalue weighted by atomic mass is 35.5. The van der Waals surface area contributed by atoms with E-state index in [4.69, 9.17) is 11.6 Å². The molecule has 3 heterocycles. The van der Waals surface area contributed by atoms with Crippen LogP contribution in [-0.2, 0) is 10.0 Å². The third-order valence-electron chi connectivity index (χ3n) is 4.74. The molecular formula is C22H15ClN6O2S. The topological polar surface area (TPSA) is 102 Å². The summed E-state index contributed by atoms with van der Waals surface area (Å²) in [5.74, 6) is 0.585. The second kappa shape index (κ2) is 8.03. The summed E-state index contributed by atoms with van der Waals surface area (Å²) in [6, 6.07) is 20.3. The number of pyridine rings is 1. The van der Waals surface area contributed by atoms with E-state index in [2.05, 4.69) is 25.0 Å². The monoisotopic (exact) mass is 462 g/mol. The van der Waals surface area contributed by atoms with Gasteiger partial charge in [0, 0.05) is 34.2 Å². The Morgan fingerprint density at radius 1 is 0.844 bits per heavy atom. The SMILES string of the molecule is O=S(=O)(Nc1ccc(-c2ccc3nnc(-c4cccnc4)n3n2)cc1)c1ccc(Cl)cc1. The molecule has 0 bridgehead atoms. The van der Waals surface area contributed by atoms with Crippen LogP contribution in [0.4, 0.5) is 5.69 Å². The minimum atomic E-state index is -3.72. The van der Waals surface area contributed by atoms with E-state index in [1.54, 1.807) is 41.2 Å². The minimum Gasteiger partial charge on any atom is -0.280 e. The van der Waals surface area contributed by atoms with Gasteiger partial charge in [-0.25, -0.2) is 8.42 Å². The van der Waals surface area contributed by atoms with Crippen molar-refractivity contribution in [3.05, 3.63) is 90.2 Å². The highest BCUT2D eigenvalue weighted by Crippen LogP contribution is 2.24. The maximum atomic E-state index is 12.6. The number of rotatable bonds is 5. The summed E-state index contributed by atoms with van der Waals surface area (Å²) in [6.45, 7) is 0. The smallest absolute Gasteiger partial charge is 0.261 e. The number of nitrogens with zero attached hydrogens (tertiary/aromatic N) is 5. The molecule has 0 aliphatic carbocycles. The van der Waals surface area contributed by atoms with Gasteiger partial charge in [0.25, 0.3) is 10.0 Å². The molecule has 0 fully saturated rings. The van der Waals surface area contributed by atoms with Crippen molar-refractivity contribution in [3.63, 3.8) is 0 Å². The Morgan fingerprint density at radius 3 is 2.34 bits per heavy atom. The number of fused-ring (bicyclic) bond motifs is 1. The predicted molar refractivity (Wildman–Crippen MR) is 122 cm³/mol. The van der Waals surface area contributed by atoms with Crippen LogP contribution in [0.1, 0.15) is 0 Å². The standard InChI is InChI=1S/C22H15ClN6O2S/c23-17-5-9-19(10-6-17)32(30,31)28-18-7-3-15(4-8-18)20-11-12-21-25-26-22(29(21)27-20)16-2-1-13-24-14-16/h1-14,28H. The van der Waals surface area contributed by atoms with E-state index >= 15 is 0 Å². The number of hydrogen-bond donors (Lipinski definition) is 1. The van der Waals surface area contributed by atoms with Gasteiger partial charge in [-0.15, -0.1) is 10.2 Å². The minimum absolute atomic E-state index is 0.133. The Bertz CT molecular complexity index is 1500. The summed E-state index contributed by atoms with van der Waals surface area (Å²) < 4.78 is 29.4. The molecule has 8 nitrogen and oxygen atoms in total. The van der Waals surface area contributed by atoms with Gasteiger partial charge >= 0.3 is 0 Å². The molecule has 0 atom stereocenters. The van der Waals surface area contributed by atoms with Crippen molar-refractivity contribution in [2.24, 2.45) is 0 Å². The van der Waals surface area contributed by atoms with Crippen molar-refractivity contribution < 1.29 is 8.42 Å². The third-order valence-corrected chi connectivity index (χ3v) is 6.39. The lowest BCUT2D eigenvalue weighted by atomic mass is 10.1. The average Bonchev–Trinajstić information content (AvgIpc) is 3.23. The van der Waals surface area contributed by atoms with Crippen LogP contribution in [0.3, 0.4) is 0 Å². The van der Waals surface area contributed by atoms with E-state index < -0.39 is 10.0 Å². The van der Waals surface area contributed by atoms with Crippen molar-refractivity contribution in [1.82, 2.24) is 24.8 Å². The van der Waals surface area contributed by atoms with Gasteiger partial charge in [0.1, 0.15) is 0 Å². The van der Waals surface area contributed by atoms with Crippen LogP contribution in [0.5, 0.6) is 0 Å². The summed E-state index contributed by atoms with van der Waals surface area (Å²) in [4.78, 5) is 4.25. The van der Waals surface area contributed by atoms with Gasteiger partial charge in [-0.05, 0) is 60.7 Å². The Kier molecular flexibility index (Phi) is 5.04. The first-order valence-electron chi connectivity index (χ1n) is 9.51. The fourth-order valence-corrected chi connectivity index (χ4v) is 4.34. The number of anilines is 1. The zero-order valence-electron chi connectivity index (χ0n) is 16.4. The number of halogens is 1. The van der Waals surface area contributed by atoms with E-state index in [-0.39, 0.29) is 4.90 Å². The zero-order chi connectivity index (χ0) is 22.1. The summed E-state index contributed by atoms with van der Waals surface area (Å²) in [5, 5.41) is 13.5. The van der Waals surface area contributed by atoms with Gasteiger partial charge in [0.2, 0.25) is 0 Å². The summed E-state index contributed by atoms with van der Waals surface area (Å²) in [5.41, 5.74) is 3.35. The quantitative estimate of drug-likeness (QED) is 0.417. The van der Waals surface area contributed by atoms with E-state index in [1.165, 1.54) is 24.3 Å². The zero-order valence-corrected chi connectivity index (χ0v) is 18.0. The van der Waals surface area contributed by atoms with Gasteiger partial charge in [-0.2, -0.15) is 9.61 Å². The first-order chi connectivity index (χ1) is 15.5. The Labute approximate surface area is 188 Å². The molecule has 5 aromatic rings. The average molecular weight is 463 g/mol. The molecule has 32 heavy (non-hydrogen) atoms. The molecule has 0 unspecified atom stereocenters. The molecule has 5 rings (SSSR count). The van der Waals surface area contributed by atoms with Crippen LogP contribution < -0.4 is 4.72 Å². The van der Waals surface area contributed by atoms with Crippen LogP contribution in [-0.4, -0.2) is 33.2 Å². The molecule has 0 saturated carbocycles. The summed E-state index contributed by atoms with van der Waals surface area (Å²) in [6.07, 6.45) is 3.39. The van der Waals surface area contributed by atoms with Crippen molar-refractivity contribution in [1.29, 1.82) is 0 Å². The third kappa shape index (κ3) is 3.91. The van der Waals surface area contributed by atoms with E-state index in [0.717, 1.165) is 11.1 Å². The first-order valence-corrected chi connectivity index (χ1v) is 11.4. The van der Waals surface area contributed by atoms with Gasteiger partial charge in [0.15, 0.2) is 11.5 Å². The van der Waals surface area contributed by atoms with E-state index in [1.807, 2.05) is 24.3 Å². The molecule has 158 valence electrons. The molecule has 2 aromatic carbocycles. The van der Waals surface area contributed by atoms with Crippen LogP contribution >= 0.6 is 11.6 Å². The molecule has 3 aromatic heterocycles. The normalized spacial score (nSPS) is 11.5. The van der Waals surface area contributed by atoms with E-state index in [0.29, 0.717) is 27.9 Å². The van der Waals surface area contributed by atoms with E-state index in [9.17, 15) is 8.42 Å². The molecule has 0 aliphatic rings. The maximum absolute atomic E-state index is 12.6. The van der Waals surface area contributed by atoms with Crippen molar-refractivity contribution in [2.75, 3.05) is 4.72 Å². The Balaban J connectivity index is 1.43. The fourth-order valence-electron chi connectivity index (χ4n) is 3.15. The number of nitrogens with one attached hydrogen (secondary N) is 1. The van der Waals surface area contributed by atoms with Crippen molar-refractivity contribution in [2.45, 2.75) is 4.90 Å². The van der Waals surface area contributed by atoms with Gasteiger partial charge < -0.3 is 0 Å². The molecular weight excluding hydrogens is 448 g/mol. The van der Waals surface area contributed by atoms with Gasteiger partial charge in [-0.3, -0.25) is 9.71 Å². The lowest BCUT2D eigenvalue weighted by Crippen LogP contribution is -2.12. The fraction of sp³-hybridized carbons (Fsp3) is 0. The molecule has 10 heteroatoms. The van der Waals surface area contributed by atoms with Crippen molar-refractivity contribution >= 4 is 33.0 Å². The molecule has 0 radical (unpaired) electrons. The van der Waals surface area contributed by atoms with Gasteiger partial charge in [-0.1, -0.05) is 23.7 Å². The molecule has 0 amide bonds. The highest BCUT2D eigenvalue weighted by Gasteiger charge is 2.15. The predicted octanol–water partition coefficient (Wildman–Crippen LogP) is 4.31. The number of sulfonamides is 1. The largest absolute Gasteiger partial charge is 0.280 e. The summed E-state index contributed by atoms with van der Waals surface area (Å²) in [7, 11) is -3.72. The highest BCUT2D eigenvalue weighted by molar-refractivity contribution is 7.92.